The van der Waals surface area contributed by atoms with Crippen molar-refractivity contribution >= 4 is 17.1 Å². The van der Waals surface area contributed by atoms with Gasteiger partial charge in [-0.1, -0.05) is 237 Å². The summed E-state index contributed by atoms with van der Waals surface area (Å²) in [5.74, 6) is 0. The van der Waals surface area contributed by atoms with Crippen LogP contribution in [0.3, 0.4) is 0 Å². The van der Waals surface area contributed by atoms with E-state index in [0.29, 0.717) is 0 Å². The van der Waals surface area contributed by atoms with Crippen LogP contribution < -0.4 is 4.90 Å². The Labute approximate surface area is 398 Å². The molecule has 0 saturated carbocycles. The lowest BCUT2D eigenvalue weighted by Crippen LogP contribution is -2.28. The van der Waals surface area contributed by atoms with Gasteiger partial charge in [0.05, 0.1) is 11.1 Å². The highest BCUT2D eigenvalue weighted by atomic mass is 15.1. The van der Waals surface area contributed by atoms with Crippen LogP contribution >= 0.6 is 0 Å². The second-order valence-corrected chi connectivity index (χ2v) is 17.9. The van der Waals surface area contributed by atoms with Crippen molar-refractivity contribution < 1.29 is 0 Å². The van der Waals surface area contributed by atoms with Gasteiger partial charge >= 0.3 is 0 Å². The van der Waals surface area contributed by atoms with Crippen molar-refractivity contribution in [2.75, 3.05) is 4.90 Å². The molecule has 0 saturated heterocycles. The zero-order valence-electron chi connectivity index (χ0n) is 37.4. The number of fused-ring (bicyclic) bond motifs is 11. The Morgan fingerprint density at radius 2 is 0.618 bits per heavy atom. The molecule has 0 atom stereocenters. The highest BCUT2D eigenvalue weighted by Crippen LogP contribution is 2.57. The van der Waals surface area contributed by atoms with E-state index in [1.54, 1.807) is 0 Å². The summed E-state index contributed by atoms with van der Waals surface area (Å²) in [7, 11) is 0. The number of hydrogen-bond donors (Lipinski definition) is 0. The summed E-state index contributed by atoms with van der Waals surface area (Å²) >= 11 is 0. The molecule has 1 heteroatoms. The minimum atomic E-state index is -0.500. The maximum Gasteiger partial charge on any atom is 0.0713 e. The molecule has 0 amide bonds. The van der Waals surface area contributed by atoms with E-state index < -0.39 is 5.41 Å². The third kappa shape index (κ3) is 6.24. The van der Waals surface area contributed by atoms with Crippen molar-refractivity contribution in [1.29, 1.82) is 0 Å². The SMILES string of the molecule is c1ccc(-c2ccc(N(c3ccc(C4(c5ccccc5)c5ccccc5-c5ccccc54)cc3)c3ccc4c(c3)-c3ccccc3-c3ccccc3-c3ccccc3-4)c(-c3ccccc3)c2)cc1. The van der Waals surface area contributed by atoms with Gasteiger partial charge in [0.15, 0.2) is 0 Å². The van der Waals surface area contributed by atoms with Crippen LogP contribution in [0.2, 0.25) is 0 Å². The highest BCUT2D eigenvalue weighted by molar-refractivity contribution is 6.04. The topological polar surface area (TPSA) is 3.24 Å². The second-order valence-electron chi connectivity index (χ2n) is 17.9. The summed E-state index contributed by atoms with van der Waals surface area (Å²) in [4.78, 5) is 2.48. The largest absolute Gasteiger partial charge is 0.310 e. The molecule has 2 aliphatic rings. The van der Waals surface area contributed by atoms with E-state index in [4.69, 9.17) is 0 Å². The predicted octanol–water partition coefficient (Wildman–Crippen LogP) is 17.8. The van der Waals surface area contributed by atoms with Gasteiger partial charge in [0.1, 0.15) is 0 Å². The van der Waals surface area contributed by atoms with Crippen molar-refractivity contribution in [3.05, 3.63) is 295 Å². The number of hydrogen-bond acceptors (Lipinski definition) is 1. The van der Waals surface area contributed by atoms with Gasteiger partial charge in [-0.25, -0.2) is 0 Å². The van der Waals surface area contributed by atoms with Gasteiger partial charge in [-0.15, -0.1) is 0 Å². The van der Waals surface area contributed by atoms with Gasteiger partial charge in [-0.3, -0.25) is 0 Å². The summed E-state index contributed by atoms with van der Waals surface area (Å²) in [6.07, 6.45) is 0. The van der Waals surface area contributed by atoms with Gasteiger partial charge < -0.3 is 4.90 Å². The number of anilines is 3. The third-order valence-corrected chi connectivity index (χ3v) is 14.4. The molecule has 0 unspecified atom stereocenters. The third-order valence-electron chi connectivity index (χ3n) is 14.4. The van der Waals surface area contributed by atoms with Gasteiger partial charge in [0, 0.05) is 16.9 Å². The molecule has 11 aromatic carbocycles. The van der Waals surface area contributed by atoms with Crippen LogP contribution in [-0.2, 0) is 5.41 Å². The number of nitrogens with zero attached hydrogens (tertiary/aromatic N) is 1. The van der Waals surface area contributed by atoms with Crippen LogP contribution in [0.25, 0.3) is 77.9 Å². The standard InChI is InChI=1S/C67H45N/c1-4-20-46(21-5-1)48-36-43-66(62(44-48)47-22-6-2-7-23-47)68(52-41-42-59-57-30-13-12-28-55(57)53-26-10-11-27-54(53)56-29-14-15-31-58(56)63(59)45-52)51-39-37-50(38-40-51)67(49-24-8-3-9-25-49)64-34-18-16-32-60(64)61-33-17-19-35-65(61)67/h1-45H. The Balaban J connectivity index is 1.06. The van der Waals surface area contributed by atoms with Gasteiger partial charge in [0.25, 0.3) is 0 Å². The summed E-state index contributed by atoms with van der Waals surface area (Å²) < 4.78 is 0. The lowest BCUT2D eigenvalue weighted by molar-refractivity contribution is 0.768. The molecule has 13 rings (SSSR count). The average Bonchev–Trinajstić information content (AvgIpc) is 3.72. The molecule has 0 aromatic heterocycles. The molecule has 68 heavy (non-hydrogen) atoms. The van der Waals surface area contributed by atoms with Crippen LogP contribution in [0.15, 0.2) is 273 Å². The van der Waals surface area contributed by atoms with Crippen molar-refractivity contribution in [2.45, 2.75) is 5.41 Å². The molecule has 0 radical (unpaired) electrons. The molecule has 318 valence electrons. The summed E-state index contributed by atoms with van der Waals surface area (Å²) in [5, 5.41) is 0. The summed E-state index contributed by atoms with van der Waals surface area (Å²) in [5.41, 5.74) is 24.9. The zero-order chi connectivity index (χ0) is 45.0. The Morgan fingerprint density at radius 3 is 1.15 bits per heavy atom. The second kappa shape index (κ2) is 16.3. The highest BCUT2D eigenvalue weighted by Gasteiger charge is 2.45. The fourth-order valence-corrected chi connectivity index (χ4v) is 11.4. The van der Waals surface area contributed by atoms with E-state index in [-0.39, 0.29) is 0 Å². The minimum absolute atomic E-state index is 0.500. The smallest absolute Gasteiger partial charge is 0.0713 e. The first kappa shape index (κ1) is 39.6. The summed E-state index contributed by atoms with van der Waals surface area (Å²) in [6.45, 7) is 0. The molecular weight excluding hydrogens is 819 g/mol. The van der Waals surface area contributed by atoms with Gasteiger partial charge in [-0.05, 0) is 131 Å². The van der Waals surface area contributed by atoms with E-state index >= 15 is 0 Å². The fraction of sp³-hybridized carbons (Fsp3) is 0.0149. The van der Waals surface area contributed by atoms with Crippen LogP contribution in [0.1, 0.15) is 22.3 Å². The molecule has 2 aliphatic carbocycles. The van der Waals surface area contributed by atoms with Crippen LogP contribution in [0.4, 0.5) is 17.1 Å². The molecule has 0 fully saturated rings. The fourth-order valence-electron chi connectivity index (χ4n) is 11.4. The Morgan fingerprint density at radius 1 is 0.221 bits per heavy atom. The van der Waals surface area contributed by atoms with E-state index in [9.17, 15) is 0 Å². The number of benzene rings is 11. The lowest BCUT2D eigenvalue weighted by atomic mass is 9.68. The van der Waals surface area contributed by atoms with Crippen molar-refractivity contribution in [3.63, 3.8) is 0 Å². The van der Waals surface area contributed by atoms with Crippen LogP contribution in [0.5, 0.6) is 0 Å². The Hall–Kier alpha value is -8.78. The number of rotatable bonds is 7. The molecule has 11 aromatic rings. The summed E-state index contributed by atoms with van der Waals surface area (Å²) in [6, 6.07) is 101. The quantitative estimate of drug-likeness (QED) is 0.154. The first-order chi connectivity index (χ1) is 33.8. The van der Waals surface area contributed by atoms with E-state index in [1.807, 2.05) is 0 Å². The van der Waals surface area contributed by atoms with Crippen molar-refractivity contribution in [3.8, 4) is 77.9 Å². The first-order valence-corrected chi connectivity index (χ1v) is 23.6. The maximum absolute atomic E-state index is 2.48. The van der Waals surface area contributed by atoms with Crippen molar-refractivity contribution in [2.24, 2.45) is 0 Å². The molecular formula is C67H45N. The maximum atomic E-state index is 2.48. The monoisotopic (exact) mass is 863 g/mol. The zero-order valence-corrected chi connectivity index (χ0v) is 37.4. The minimum Gasteiger partial charge on any atom is -0.310 e. The van der Waals surface area contributed by atoms with E-state index in [1.165, 1.54) is 89.0 Å². The molecule has 0 N–H and O–H groups in total. The van der Waals surface area contributed by atoms with Crippen molar-refractivity contribution in [1.82, 2.24) is 0 Å². The Bertz CT molecular complexity index is 3610. The first-order valence-electron chi connectivity index (χ1n) is 23.6. The molecule has 0 spiro atoms. The molecule has 0 heterocycles. The van der Waals surface area contributed by atoms with E-state index in [2.05, 4.69) is 278 Å². The normalized spacial score (nSPS) is 12.5. The van der Waals surface area contributed by atoms with Gasteiger partial charge in [-0.2, -0.15) is 0 Å². The average molecular weight is 864 g/mol. The van der Waals surface area contributed by atoms with E-state index in [0.717, 1.165) is 28.2 Å². The predicted molar refractivity (Wildman–Crippen MR) is 285 cm³/mol. The van der Waals surface area contributed by atoms with Crippen LogP contribution in [-0.4, -0.2) is 0 Å². The van der Waals surface area contributed by atoms with Crippen LogP contribution in [0, 0.1) is 0 Å². The molecule has 0 bridgehead atoms. The molecule has 1 nitrogen and oxygen atoms in total. The lowest BCUT2D eigenvalue weighted by Gasteiger charge is -2.35. The Kier molecular flexibility index (Phi) is 9.47. The molecule has 0 aliphatic heterocycles. The van der Waals surface area contributed by atoms with Gasteiger partial charge in [0.2, 0.25) is 0 Å².